The second kappa shape index (κ2) is 9.13. The molecule has 1 saturated heterocycles. The molecule has 0 unspecified atom stereocenters. The molecule has 30 heavy (non-hydrogen) atoms. The summed E-state index contributed by atoms with van der Waals surface area (Å²) in [4.78, 5) is 26.5. The third-order valence-electron chi connectivity index (χ3n) is 5.64. The molecule has 1 fully saturated rings. The van der Waals surface area contributed by atoms with Crippen molar-refractivity contribution in [2.45, 2.75) is 38.9 Å². The van der Waals surface area contributed by atoms with E-state index >= 15 is 0 Å². The maximum atomic E-state index is 12.6. The predicted octanol–water partition coefficient (Wildman–Crippen LogP) is 3.38. The molecule has 6 heteroatoms. The average Bonchev–Trinajstić information content (AvgIpc) is 3.14. The average molecular weight is 405 g/mol. The fourth-order valence-electron chi connectivity index (χ4n) is 4.17. The van der Waals surface area contributed by atoms with Crippen LogP contribution in [0.1, 0.15) is 25.3 Å². The summed E-state index contributed by atoms with van der Waals surface area (Å²) < 4.78 is 1.93. The number of nitrogens with zero attached hydrogens (tertiary/aromatic N) is 2. The summed E-state index contributed by atoms with van der Waals surface area (Å²) in [6, 6.07) is 18.4. The number of hydrogen-bond acceptors (Lipinski definition) is 3. The van der Waals surface area contributed by atoms with Gasteiger partial charge in [-0.1, -0.05) is 36.4 Å². The highest BCUT2D eigenvalue weighted by molar-refractivity contribution is 6.01. The van der Waals surface area contributed by atoms with E-state index in [9.17, 15) is 9.59 Å². The maximum Gasteiger partial charge on any atom is 0.240 e. The molecule has 6 nitrogen and oxygen atoms in total. The fraction of sp³-hybridized carbons (Fsp3) is 0.333. The van der Waals surface area contributed by atoms with Crippen molar-refractivity contribution in [3.05, 3.63) is 66.4 Å². The topological polar surface area (TPSA) is 66.4 Å². The number of carbonyl (C=O) groups is 2. The Morgan fingerprint density at radius 1 is 1.00 bits per heavy atom. The van der Waals surface area contributed by atoms with E-state index in [0.29, 0.717) is 0 Å². The standard InChI is InChI=1S/C24H28N4O2/c1-18(29)25-22-8-5-9-23-21(22)12-15-28(23)17-24(30)26-20-10-13-27(14-11-20)16-19-6-3-2-4-7-19/h2-9,12,15,20H,10-11,13-14,16-17H2,1H3,(H,25,29)(H,26,30). The second-order valence-corrected chi connectivity index (χ2v) is 7.97. The first-order chi connectivity index (χ1) is 14.6. The number of anilines is 1. The smallest absolute Gasteiger partial charge is 0.240 e. The number of benzene rings is 2. The number of hydrogen-bond donors (Lipinski definition) is 2. The third kappa shape index (κ3) is 4.89. The van der Waals surface area contributed by atoms with Crippen LogP contribution in [0.25, 0.3) is 10.9 Å². The van der Waals surface area contributed by atoms with Crippen LogP contribution in [0, 0.1) is 0 Å². The first-order valence-corrected chi connectivity index (χ1v) is 10.5. The molecule has 0 aliphatic carbocycles. The minimum absolute atomic E-state index is 0.0268. The van der Waals surface area contributed by atoms with Gasteiger partial charge in [-0.05, 0) is 36.6 Å². The van der Waals surface area contributed by atoms with Crippen molar-refractivity contribution in [2.75, 3.05) is 18.4 Å². The normalized spacial score (nSPS) is 15.2. The summed E-state index contributed by atoms with van der Waals surface area (Å²) in [5.74, 6) is -0.0782. The lowest BCUT2D eigenvalue weighted by atomic mass is 10.0. The molecule has 2 amide bonds. The van der Waals surface area contributed by atoms with E-state index < -0.39 is 0 Å². The molecule has 0 spiro atoms. The predicted molar refractivity (Wildman–Crippen MR) is 119 cm³/mol. The van der Waals surface area contributed by atoms with Crippen LogP contribution < -0.4 is 10.6 Å². The molecule has 1 aliphatic heterocycles. The molecule has 2 aromatic carbocycles. The summed E-state index contributed by atoms with van der Waals surface area (Å²) in [5, 5.41) is 6.98. The van der Waals surface area contributed by atoms with Gasteiger partial charge in [0.05, 0.1) is 11.2 Å². The first kappa shape index (κ1) is 20.2. The van der Waals surface area contributed by atoms with Crippen LogP contribution in [-0.2, 0) is 22.7 Å². The van der Waals surface area contributed by atoms with Crippen LogP contribution in [-0.4, -0.2) is 40.4 Å². The molecule has 1 aromatic heterocycles. The van der Waals surface area contributed by atoms with Gasteiger partial charge in [-0.25, -0.2) is 0 Å². The van der Waals surface area contributed by atoms with Crippen molar-refractivity contribution in [3.63, 3.8) is 0 Å². The monoisotopic (exact) mass is 404 g/mol. The quantitative estimate of drug-likeness (QED) is 0.662. The first-order valence-electron chi connectivity index (χ1n) is 10.5. The lowest BCUT2D eigenvalue weighted by Crippen LogP contribution is -2.45. The molecular weight excluding hydrogens is 376 g/mol. The molecular formula is C24H28N4O2. The lowest BCUT2D eigenvalue weighted by Gasteiger charge is -2.32. The number of amides is 2. The number of nitrogens with one attached hydrogen (secondary N) is 2. The number of carbonyl (C=O) groups excluding carboxylic acids is 2. The van der Waals surface area contributed by atoms with E-state index in [1.807, 2.05) is 41.1 Å². The lowest BCUT2D eigenvalue weighted by molar-refractivity contribution is -0.122. The minimum atomic E-state index is -0.105. The summed E-state index contributed by atoms with van der Waals surface area (Å²) >= 11 is 0. The number of aromatic nitrogens is 1. The van der Waals surface area contributed by atoms with E-state index in [2.05, 4.69) is 39.8 Å². The summed E-state index contributed by atoms with van der Waals surface area (Å²) in [6.45, 7) is 4.72. The number of fused-ring (bicyclic) bond motifs is 1. The highest BCUT2D eigenvalue weighted by Gasteiger charge is 2.21. The van der Waals surface area contributed by atoms with Crippen molar-refractivity contribution in [1.29, 1.82) is 0 Å². The summed E-state index contributed by atoms with van der Waals surface area (Å²) in [7, 11) is 0. The van der Waals surface area contributed by atoms with Gasteiger partial charge in [0.25, 0.3) is 0 Å². The van der Waals surface area contributed by atoms with Crippen LogP contribution in [0.4, 0.5) is 5.69 Å². The summed E-state index contributed by atoms with van der Waals surface area (Å²) in [6.07, 6.45) is 3.84. The Labute approximate surface area is 176 Å². The Bertz CT molecular complexity index is 1020. The van der Waals surface area contributed by atoms with Crippen molar-refractivity contribution < 1.29 is 9.59 Å². The van der Waals surface area contributed by atoms with Crippen LogP contribution in [0.2, 0.25) is 0 Å². The molecule has 0 atom stereocenters. The molecule has 2 N–H and O–H groups in total. The van der Waals surface area contributed by atoms with Crippen LogP contribution in [0.5, 0.6) is 0 Å². The second-order valence-electron chi connectivity index (χ2n) is 7.97. The van der Waals surface area contributed by atoms with E-state index in [4.69, 9.17) is 0 Å². The van der Waals surface area contributed by atoms with Crippen molar-refractivity contribution >= 4 is 28.4 Å². The van der Waals surface area contributed by atoms with Crippen LogP contribution in [0.15, 0.2) is 60.8 Å². The number of rotatable bonds is 6. The highest BCUT2D eigenvalue weighted by atomic mass is 16.2. The van der Waals surface area contributed by atoms with Gasteiger partial charge < -0.3 is 15.2 Å². The van der Waals surface area contributed by atoms with E-state index in [0.717, 1.165) is 49.1 Å². The van der Waals surface area contributed by atoms with Crippen molar-refractivity contribution in [3.8, 4) is 0 Å². The highest BCUT2D eigenvalue weighted by Crippen LogP contribution is 2.24. The molecule has 0 radical (unpaired) electrons. The van der Waals surface area contributed by atoms with Gasteiger partial charge in [-0.2, -0.15) is 0 Å². The fourth-order valence-corrected chi connectivity index (χ4v) is 4.17. The Hall–Kier alpha value is -3.12. The van der Waals surface area contributed by atoms with E-state index in [1.54, 1.807) is 0 Å². The van der Waals surface area contributed by atoms with Crippen molar-refractivity contribution in [2.24, 2.45) is 0 Å². The molecule has 0 saturated carbocycles. The van der Waals surface area contributed by atoms with Crippen LogP contribution >= 0.6 is 0 Å². The van der Waals surface area contributed by atoms with E-state index in [-0.39, 0.29) is 24.4 Å². The van der Waals surface area contributed by atoms with Crippen molar-refractivity contribution in [1.82, 2.24) is 14.8 Å². The zero-order chi connectivity index (χ0) is 20.9. The molecule has 0 bridgehead atoms. The van der Waals surface area contributed by atoms with Gasteiger partial charge in [0.2, 0.25) is 11.8 Å². The number of likely N-dealkylation sites (tertiary alicyclic amines) is 1. The van der Waals surface area contributed by atoms with Crippen LogP contribution in [0.3, 0.4) is 0 Å². The van der Waals surface area contributed by atoms with E-state index in [1.165, 1.54) is 12.5 Å². The molecule has 1 aliphatic rings. The Morgan fingerprint density at radius 3 is 2.50 bits per heavy atom. The molecule has 3 aromatic rings. The summed E-state index contributed by atoms with van der Waals surface area (Å²) in [5.41, 5.74) is 3.04. The maximum absolute atomic E-state index is 12.6. The SMILES string of the molecule is CC(=O)Nc1cccc2c1ccn2CC(=O)NC1CCN(Cc2ccccc2)CC1. The Balaban J connectivity index is 1.31. The largest absolute Gasteiger partial charge is 0.352 e. The molecule has 4 rings (SSSR count). The zero-order valence-electron chi connectivity index (χ0n) is 17.3. The zero-order valence-corrected chi connectivity index (χ0v) is 17.3. The van der Waals surface area contributed by atoms with Gasteiger partial charge in [0, 0.05) is 44.2 Å². The minimum Gasteiger partial charge on any atom is -0.352 e. The van der Waals surface area contributed by atoms with Gasteiger partial charge in [-0.3, -0.25) is 14.5 Å². The van der Waals surface area contributed by atoms with Gasteiger partial charge in [0.1, 0.15) is 6.54 Å². The third-order valence-corrected chi connectivity index (χ3v) is 5.64. The van der Waals surface area contributed by atoms with Gasteiger partial charge >= 0.3 is 0 Å². The van der Waals surface area contributed by atoms with Gasteiger partial charge in [-0.15, -0.1) is 0 Å². The molecule has 2 heterocycles. The Kier molecular flexibility index (Phi) is 6.14. The Morgan fingerprint density at radius 2 is 1.77 bits per heavy atom. The van der Waals surface area contributed by atoms with Gasteiger partial charge in [0.15, 0.2) is 0 Å². The molecule has 156 valence electrons. The number of piperidine rings is 1.